The van der Waals surface area contributed by atoms with E-state index in [1.165, 1.54) is 12.1 Å². The van der Waals surface area contributed by atoms with E-state index in [-0.39, 0.29) is 11.9 Å². The predicted molar refractivity (Wildman–Crippen MR) is 83.4 cm³/mol. The fourth-order valence-electron chi connectivity index (χ4n) is 2.12. The van der Waals surface area contributed by atoms with E-state index in [1.807, 2.05) is 24.5 Å². The Kier molecular flexibility index (Phi) is 5.43. The van der Waals surface area contributed by atoms with E-state index >= 15 is 0 Å². The van der Waals surface area contributed by atoms with Crippen molar-refractivity contribution >= 4 is 23.4 Å². The molecule has 0 spiro atoms. The average Bonchev–Trinajstić information content (AvgIpc) is 2.46. The van der Waals surface area contributed by atoms with Gasteiger partial charge in [-0.2, -0.15) is 0 Å². The van der Waals surface area contributed by atoms with Crippen molar-refractivity contribution in [2.75, 3.05) is 6.26 Å². The molecular weight excluding hydrogens is 295 g/mol. The lowest BCUT2D eigenvalue weighted by Crippen LogP contribution is -2.30. The summed E-state index contributed by atoms with van der Waals surface area (Å²) in [5, 5.41) is 0.423. The number of nitrogens with one attached hydrogen (secondary N) is 1. The molecule has 0 saturated heterocycles. The Bertz CT molecular complexity index is 592. The lowest BCUT2D eigenvalue weighted by atomic mass is 9.99. The summed E-state index contributed by atoms with van der Waals surface area (Å²) in [4.78, 5) is 1.16. The van der Waals surface area contributed by atoms with Crippen LogP contribution >= 0.6 is 23.4 Å². The molecule has 0 aliphatic carbocycles. The van der Waals surface area contributed by atoms with Crippen molar-refractivity contribution in [2.24, 2.45) is 5.84 Å². The second-order valence-corrected chi connectivity index (χ2v) is 5.66. The SMILES string of the molecule is CSc1ccccc1C(Cc1ccc(F)cc1Cl)NN. The van der Waals surface area contributed by atoms with Crippen LogP contribution in [0, 0.1) is 5.82 Å². The highest BCUT2D eigenvalue weighted by Gasteiger charge is 2.15. The third kappa shape index (κ3) is 3.52. The van der Waals surface area contributed by atoms with Gasteiger partial charge < -0.3 is 0 Å². The minimum absolute atomic E-state index is 0.0680. The van der Waals surface area contributed by atoms with E-state index in [9.17, 15) is 4.39 Å². The molecule has 0 radical (unpaired) electrons. The van der Waals surface area contributed by atoms with E-state index in [4.69, 9.17) is 17.4 Å². The van der Waals surface area contributed by atoms with Crippen molar-refractivity contribution in [3.63, 3.8) is 0 Å². The average molecular weight is 311 g/mol. The maximum absolute atomic E-state index is 13.1. The summed E-state index contributed by atoms with van der Waals surface area (Å²) in [6.07, 6.45) is 2.63. The van der Waals surface area contributed by atoms with Gasteiger partial charge in [-0.25, -0.2) is 4.39 Å². The largest absolute Gasteiger partial charge is 0.271 e. The Balaban J connectivity index is 2.29. The summed E-state index contributed by atoms with van der Waals surface area (Å²) < 4.78 is 13.1. The lowest BCUT2D eigenvalue weighted by molar-refractivity contribution is 0.543. The number of hydrogen-bond donors (Lipinski definition) is 2. The van der Waals surface area contributed by atoms with Gasteiger partial charge in [0.25, 0.3) is 0 Å². The number of rotatable bonds is 5. The predicted octanol–water partition coefficient (Wildman–Crippen LogP) is 3.95. The fourth-order valence-corrected chi connectivity index (χ4v) is 3.03. The molecule has 0 amide bonds. The van der Waals surface area contributed by atoms with Gasteiger partial charge in [0.1, 0.15) is 5.82 Å². The van der Waals surface area contributed by atoms with Gasteiger partial charge in [-0.15, -0.1) is 11.8 Å². The molecule has 0 bridgehead atoms. The van der Waals surface area contributed by atoms with Crippen LogP contribution in [0.3, 0.4) is 0 Å². The van der Waals surface area contributed by atoms with Gasteiger partial charge in [-0.1, -0.05) is 35.9 Å². The van der Waals surface area contributed by atoms with Crippen molar-refractivity contribution in [3.05, 3.63) is 64.4 Å². The van der Waals surface area contributed by atoms with Gasteiger partial charge in [-0.3, -0.25) is 11.3 Å². The molecule has 0 heterocycles. The smallest absolute Gasteiger partial charge is 0.124 e. The molecule has 0 fully saturated rings. The minimum atomic E-state index is -0.333. The maximum atomic E-state index is 13.1. The van der Waals surface area contributed by atoms with Gasteiger partial charge in [0, 0.05) is 9.92 Å². The molecular formula is C15H16ClFN2S. The summed E-state index contributed by atoms with van der Waals surface area (Å²) in [7, 11) is 0. The van der Waals surface area contributed by atoms with Crippen LogP contribution in [0.1, 0.15) is 17.2 Å². The van der Waals surface area contributed by atoms with Crippen molar-refractivity contribution in [1.29, 1.82) is 0 Å². The molecule has 1 unspecified atom stereocenters. The number of nitrogens with two attached hydrogens (primary N) is 1. The van der Waals surface area contributed by atoms with Crippen molar-refractivity contribution in [2.45, 2.75) is 17.4 Å². The first kappa shape index (κ1) is 15.3. The Hall–Kier alpha value is -1.07. The molecule has 0 aromatic heterocycles. The molecule has 1 atom stereocenters. The van der Waals surface area contributed by atoms with Crippen molar-refractivity contribution < 1.29 is 4.39 Å². The summed E-state index contributed by atoms with van der Waals surface area (Å²) in [5.41, 5.74) is 4.80. The summed E-state index contributed by atoms with van der Waals surface area (Å²) in [5.74, 6) is 5.35. The van der Waals surface area contributed by atoms with Gasteiger partial charge in [0.05, 0.1) is 6.04 Å². The Morgan fingerprint density at radius 2 is 2.05 bits per heavy atom. The molecule has 20 heavy (non-hydrogen) atoms. The van der Waals surface area contributed by atoms with E-state index in [0.29, 0.717) is 11.4 Å². The zero-order valence-corrected chi connectivity index (χ0v) is 12.6. The molecule has 2 aromatic carbocycles. The third-order valence-electron chi connectivity index (χ3n) is 3.15. The topological polar surface area (TPSA) is 38.0 Å². The summed E-state index contributed by atoms with van der Waals surface area (Å²) in [6.45, 7) is 0. The first-order chi connectivity index (χ1) is 9.65. The van der Waals surface area contributed by atoms with E-state index in [2.05, 4.69) is 11.5 Å². The number of hydrogen-bond acceptors (Lipinski definition) is 3. The highest BCUT2D eigenvalue weighted by molar-refractivity contribution is 7.98. The number of halogens is 2. The summed E-state index contributed by atoms with van der Waals surface area (Å²) >= 11 is 7.75. The third-order valence-corrected chi connectivity index (χ3v) is 4.32. The Morgan fingerprint density at radius 1 is 1.30 bits per heavy atom. The van der Waals surface area contributed by atoms with Crippen molar-refractivity contribution in [3.8, 4) is 0 Å². The second kappa shape index (κ2) is 7.09. The highest BCUT2D eigenvalue weighted by Crippen LogP contribution is 2.29. The van der Waals surface area contributed by atoms with E-state index in [0.717, 1.165) is 16.0 Å². The van der Waals surface area contributed by atoms with Gasteiger partial charge in [0.15, 0.2) is 0 Å². The second-order valence-electron chi connectivity index (χ2n) is 4.40. The molecule has 2 rings (SSSR count). The number of thioether (sulfide) groups is 1. The van der Waals surface area contributed by atoms with Crippen LogP contribution in [0.15, 0.2) is 47.4 Å². The molecule has 106 valence electrons. The number of benzene rings is 2. The molecule has 3 N–H and O–H groups in total. The minimum Gasteiger partial charge on any atom is -0.271 e. The molecule has 2 aromatic rings. The van der Waals surface area contributed by atoms with Crippen LogP contribution in [-0.4, -0.2) is 6.26 Å². The van der Waals surface area contributed by atoms with Crippen LogP contribution in [0.25, 0.3) is 0 Å². The molecule has 0 aliphatic rings. The van der Waals surface area contributed by atoms with Crippen LogP contribution in [-0.2, 0) is 6.42 Å². The van der Waals surface area contributed by atoms with Crippen LogP contribution in [0.2, 0.25) is 5.02 Å². The first-order valence-corrected chi connectivity index (χ1v) is 7.79. The van der Waals surface area contributed by atoms with Crippen LogP contribution in [0.5, 0.6) is 0 Å². The van der Waals surface area contributed by atoms with E-state index in [1.54, 1.807) is 17.8 Å². The van der Waals surface area contributed by atoms with Crippen LogP contribution in [0.4, 0.5) is 4.39 Å². The molecule has 0 saturated carbocycles. The van der Waals surface area contributed by atoms with Crippen LogP contribution < -0.4 is 11.3 Å². The monoisotopic (exact) mass is 310 g/mol. The standard InChI is InChI=1S/C15H16ClFN2S/c1-20-15-5-3-2-4-12(15)14(19-18)8-10-6-7-11(17)9-13(10)16/h2-7,9,14,19H,8,18H2,1H3. The van der Waals surface area contributed by atoms with Gasteiger partial charge >= 0.3 is 0 Å². The number of hydrazine groups is 1. The quantitative estimate of drug-likeness (QED) is 0.499. The van der Waals surface area contributed by atoms with Gasteiger partial charge in [-0.05, 0) is 42.0 Å². The van der Waals surface area contributed by atoms with Gasteiger partial charge in [0.2, 0.25) is 0 Å². The normalized spacial score (nSPS) is 12.4. The molecule has 2 nitrogen and oxygen atoms in total. The van der Waals surface area contributed by atoms with E-state index < -0.39 is 0 Å². The molecule has 0 aliphatic heterocycles. The first-order valence-electron chi connectivity index (χ1n) is 6.18. The molecule has 5 heteroatoms. The maximum Gasteiger partial charge on any atom is 0.124 e. The zero-order valence-electron chi connectivity index (χ0n) is 11.1. The fraction of sp³-hybridized carbons (Fsp3) is 0.200. The summed E-state index contributed by atoms with van der Waals surface area (Å²) in [6, 6.07) is 12.4. The highest BCUT2D eigenvalue weighted by atomic mass is 35.5. The Morgan fingerprint density at radius 3 is 2.70 bits per heavy atom. The van der Waals surface area contributed by atoms with Crippen molar-refractivity contribution in [1.82, 2.24) is 5.43 Å². The lowest BCUT2D eigenvalue weighted by Gasteiger charge is -2.19. The zero-order chi connectivity index (χ0) is 14.5. The Labute approximate surface area is 127 Å².